The second kappa shape index (κ2) is 20.8. The maximum atomic E-state index is 13.1. The molecule has 0 amide bonds. The van der Waals surface area contributed by atoms with Gasteiger partial charge in [-0.2, -0.15) is 0 Å². The first-order chi connectivity index (χ1) is 27.9. The van der Waals surface area contributed by atoms with Crippen LogP contribution >= 0.6 is 0 Å². The molecule has 314 valence electrons. The number of anilines is 2. The summed E-state index contributed by atoms with van der Waals surface area (Å²) in [5, 5.41) is 35.7. The summed E-state index contributed by atoms with van der Waals surface area (Å²) >= 11 is 0. The number of hydrogen-bond donors (Lipinski definition) is 4. The van der Waals surface area contributed by atoms with Crippen LogP contribution in [0.1, 0.15) is 93.4 Å². The summed E-state index contributed by atoms with van der Waals surface area (Å²) in [4.78, 5) is 19.7. The SMILES string of the molecule is CC(OC(=O)CCC/C=C\C[C@@H]1[C@@H](CC[C@@H](O)CCc2ccccc2)[C@H](O)C[C@@H]1O)N(c1cccc(CN2CCC[C@H](Nc3ccc4c(c3)C=NC4)C2)c1)S(C)(=O)=O. The van der Waals surface area contributed by atoms with Crippen LogP contribution in [0.3, 0.4) is 0 Å². The van der Waals surface area contributed by atoms with Crippen LogP contribution in [0.2, 0.25) is 0 Å². The van der Waals surface area contributed by atoms with Crippen molar-refractivity contribution in [3.63, 3.8) is 0 Å². The number of sulfonamides is 1. The second-order valence-electron chi connectivity index (χ2n) is 16.5. The molecule has 7 atom stereocenters. The number of likely N-dealkylation sites (tertiary alicyclic amines) is 1. The lowest BCUT2D eigenvalue weighted by Gasteiger charge is -2.34. The van der Waals surface area contributed by atoms with Crippen molar-refractivity contribution in [2.75, 3.05) is 29.0 Å². The van der Waals surface area contributed by atoms with Gasteiger partial charge in [0.05, 0.1) is 36.8 Å². The molecule has 4 N–H and O–H groups in total. The Bertz CT molecular complexity index is 1960. The summed E-state index contributed by atoms with van der Waals surface area (Å²) in [6, 6.07) is 24.2. The fourth-order valence-corrected chi connectivity index (χ4v) is 9.99. The fourth-order valence-electron chi connectivity index (χ4n) is 8.91. The molecule has 3 aromatic rings. The highest BCUT2D eigenvalue weighted by atomic mass is 32.2. The molecule has 1 aliphatic carbocycles. The van der Waals surface area contributed by atoms with Crippen LogP contribution < -0.4 is 9.62 Å². The smallest absolute Gasteiger partial charge is 0.307 e. The first-order valence-electron chi connectivity index (χ1n) is 21.1. The molecule has 58 heavy (non-hydrogen) atoms. The van der Waals surface area contributed by atoms with E-state index in [1.807, 2.05) is 54.8 Å². The number of piperidine rings is 1. The number of unbranched alkanes of at least 4 members (excludes halogenated alkanes) is 1. The molecule has 3 aliphatic rings. The van der Waals surface area contributed by atoms with Crippen molar-refractivity contribution in [1.82, 2.24) is 4.90 Å². The third kappa shape index (κ3) is 12.5. The number of aliphatic hydroxyl groups excluding tert-OH is 3. The Morgan fingerprint density at radius 2 is 1.81 bits per heavy atom. The number of aliphatic hydroxyl groups is 3. The Morgan fingerprint density at radius 1 is 1.02 bits per heavy atom. The molecule has 2 fully saturated rings. The van der Waals surface area contributed by atoms with Gasteiger partial charge in [0.2, 0.25) is 10.0 Å². The van der Waals surface area contributed by atoms with E-state index in [9.17, 15) is 28.5 Å². The number of carbonyl (C=O) groups excluding carboxylic acids is 1. The predicted octanol–water partition coefficient (Wildman–Crippen LogP) is 6.60. The second-order valence-corrected chi connectivity index (χ2v) is 18.3. The van der Waals surface area contributed by atoms with Gasteiger partial charge in [-0.05, 0) is 136 Å². The van der Waals surface area contributed by atoms with Crippen molar-refractivity contribution < 1.29 is 33.3 Å². The average molecular weight is 815 g/mol. The normalized spacial score (nSPS) is 23.2. The fraction of sp³-hybridized carbons (Fsp3) is 0.522. The van der Waals surface area contributed by atoms with Crippen LogP contribution in [-0.4, -0.2) is 90.7 Å². The van der Waals surface area contributed by atoms with Gasteiger partial charge in [-0.3, -0.25) is 14.7 Å². The van der Waals surface area contributed by atoms with E-state index in [0.717, 1.165) is 56.4 Å². The number of fused-ring (bicyclic) bond motifs is 1. The molecule has 0 bridgehead atoms. The molecule has 0 aromatic heterocycles. The van der Waals surface area contributed by atoms with Crippen molar-refractivity contribution in [2.45, 2.75) is 121 Å². The Morgan fingerprint density at radius 3 is 2.62 bits per heavy atom. The maximum absolute atomic E-state index is 13.1. The highest BCUT2D eigenvalue weighted by molar-refractivity contribution is 7.92. The summed E-state index contributed by atoms with van der Waals surface area (Å²) < 4.78 is 33.0. The molecule has 11 nitrogen and oxygen atoms in total. The summed E-state index contributed by atoms with van der Waals surface area (Å²) in [6.45, 7) is 4.81. The Balaban J connectivity index is 0.934. The quantitative estimate of drug-likeness (QED) is 0.0428. The van der Waals surface area contributed by atoms with Crippen molar-refractivity contribution >= 4 is 33.6 Å². The minimum Gasteiger partial charge on any atom is -0.441 e. The van der Waals surface area contributed by atoms with E-state index in [1.54, 1.807) is 13.0 Å². The van der Waals surface area contributed by atoms with E-state index in [1.165, 1.54) is 21.0 Å². The molecule has 2 heterocycles. The molecular formula is C46H62N4O7S. The predicted molar refractivity (Wildman–Crippen MR) is 230 cm³/mol. The number of nitrogens with one attached hydrogen (secondary N) is 1. The van der Waals surface area contributed by atoms with Gasteiger partial charge in [0, 0.05) is 37.5 Å². The van der Waals surface area contributed by atoms with Crippen molar-refractivity contribution in [3.8, 4) is 0 Å². The number of allylic oxidation sites excluding steroid dienone is 2. The van der Waals surface area contributed by atoms with Crippen LogP contribution in [0.5, 0.6) is 0 Å². The zero-order valence-corrected chi connectivity index (χ0v) is 34.8. The summed E-state index contributed by atoms with van der Waals surface area (Å²) in [5.41, 5.74) is 6.14. The van der Waals surface area contributed by atoms with E-state index in [-0.39, 0.29) is 18.3 Å². The van der Waals surface area contributed by atoms with Gasteiger partial charge in [-0.1, -0.05) is 60.7 Å². The minimum atomic E-state index is -3.78. The lowest BCUT2D eigenvalue weighted by atomic mass is 9.85. The first kappa shape index (κ1) is 43.5. The molecule has 1 saturated heterocycles. The van der Waals surface area contributed by atoms with E-state index < -0.39 is 40.5 Å². The van der Waals surface area contributed by atoms with Crippen LogP contribution in [0, 0.1) is 11.8 Å². The number of benzene rings is 3. The maximum Gasteiger partial charge on any atom is 0.307 e. The third-order valence-corrected chi connectivity index (χ3v) is 13.1. The number of aryl methyl sites for hydroxylation is 1. The molecule has 1 unspecified atom stereocenters. The van der Waals surface area contributed by atoms with Gasteiger partial charge in [0.1, 0.15) is 0 Å². The van der Waals surface area contributed by atoms with E-state index >= 15 is 0 Å². The van der Waals surface area contributed by atoms with Gasteiger partial charge in [0.25, 0.3) is 0 Å². The van der Waals surface area contributed by atoms with Crippen LogP contribution in [0.4, 0.5) is 11.4 Å². The van der Waals surface area contributed by atoms with E-state index in [2.05, 4.69) is 45.5 Å². The number of ether oxygens (including phenoxy) is 1. The lowest BCUT2D eigenvalue weighted by molar-refractivity contribution is -0.147. The number of hydrogen-bond acceptors (Lipinski definition) is 10. The number of carbonyl (C=O) groups is 1. The monoisotopic (exact) mass is 814 g/mol. The Hall–Kier alpha value is -4.07. The molecule has 0 radical (unpaired) electrons. The van der Waals surface area contributed by atoms with Gasteiger partial charge in [-0.15, -0.1) is 0 Å². The topological polar surface area (TPSA) is 152 Å². The van der Waals surface area contributed by atoms with Gasteiger partial charge < -0.3 is 25.4 Å². The third-order valence-electron chi connectivity index (χ3n) is 11.9. The zero-order valence-electron chi connectivity index (χ0n) is 34.0. The number of nitrogens with zero attached hydrogens (tertiary/aromatic N) is 3. The van der Waals surface area contributed by atoms with Gasteiger partial charge in [-0.25, -0.2) is 12.7 Å². The molecule has 2 aliphatic heterocycles. The average Bonchev–Trinajstić information content (AvgIpc) is 3.76. The standard InChI is InChI=1S/C46H62N4O7S/c1-33(57-46(54)18-9-4-3-8-17-42-43(45(53)28-44(42)52)24-23-41(51)22-19-34-12-6-5-7-13-34)50(58(2,55)56)40-16-10-14-35(26-40)31-49-25-11-15-39(32-49)48-38-21-20-36-29-47-30-37(36)27-38/h3,5-8,10,12-14,16,20-21,26-27,30,33,39,41-45,48,51-53H,4,9,11,15,17-19,22-25,28-29,31-32H2,1-2H3/b8-3-/t33?,39-,41-,42+,43+,44-,45+/m0/s1. The minimum absolute atomic E-state index is 0.0859. The zero-order chi connectivity index (χ0) is 41.1. The van der Waals surface area contributed by atoms with Gasteiger partial charge >= 0.3 is 5.97 Å². The van der Waals surface area contributed by atoms with Crippen molar-refractivity contribution in [3.05, 3.63) is 107 Å². The van der Waals surface area contributed by atoms with Crippen molar-refractivity contribution in [1.29, 1.82) is 0 Å². The van der Waals surface area contributed by atoms with Crippen molar-refractivity contribution in [2.24, 2.45) is 16.8 Å². The first-order valence-corrected chi connectivity index (χ1v) is 22.9. The summed E-state index contributed by atoms with van der Waals surface area (Å²) in [7, 11) is -3.78. The lowest BCUT2D eigenvalue weighted by Crippen LogP contribution is -2.42. The van der Waals surface area contributed by atoms with E-state index in [0.29, 0.717) is 63.2 Å². The Kier molecular flexibility index (Phi) is 15.6. The number of esters is 1. The largest absolute Gasteiger partial charge is 0.441 e. The van der Waals surface area contributed by atoms with Gasteiger partial charge in [0.15, 0.2) is 6.23 Å². The number of aliphatic imine (C=N–C) groups is 1. The summed E-state index contributed by atoms with van der Waals surface area (Å²) in [6.07, 6.45) is 11.4. The molecular weight excluding hydrogens is 753 g/mol. The molecule has 1 saturated carbocycles. The van der Waals surface area contributed by atoms with Crippen LogP contribution in [0.15, 0.2) is 89.9 Å². The van der Waals surface area contributed by atoms with Crippen LogP contribution in [-0.2, 0) is 39.1 Å². The highest BCUT2D eigenvalue weighted by Crippen LogP contribution is 2.38. The molecule has 3 aromatic carbocycles. The molecule has 12 heteroatoms. The molecule has 6 rings (SSSR count). The van der Waals surface area contributed by atoms with Crippen LogP contribution in [0.25, 0.3) is 0 Å². The van der Waals surface area contributed by atoms with E-state index in [4.69, 9.17) is 4.74 Å². The summed E-state index contributed by atoms with van der Waals surface area (Å²) in [5.74, 6) is -0.658. The Labute approximate surface area is 344 Å². The number of rotatable bonds is 20. The highest BCUT2D eigenvalue weighted by Gasteiger charge is 2.40. The molecule has 0 spiro atoms.